The number of nitrogens with zero attached hydrogens (tertiary/aromatic N) is 1. The summed E-state index contributed by atoms with van der Waals surface area (Å²) in [6.45, 7) is 0. The number of hydrogen-bond donors (Lipinski definition) is 3. The van der Waals surface area contributed by atoms with Crippen molar-refractivity contribution in [2.24, 2.45) is 0 Å². The van der Waals surface area contributed by atoms with E-state index < -0.39 is 11.9 Å². The lowest BCUT2D eigenvalue weighted by molar-refractivity contribution is 0.0698. The highest BCUT2D eigenvalue weighted by molar-refractivity contribution is 6.31. The standard InChI is InChI=1S/C15H10ClN3O3/c16-8-5-6-11(10(7-8)15(21)22)17-14(20)13-9-3-1-2-4-12(9)18-19-13/h1-7H,(H,17,20)(H,18,19)(H,21,22). The van der Waals surface area contributed by atoms with E-state index in [-0.39, 0.29) is 22.0 Å². The van der Waals surface area contributed by atoms with Gasteiger partial charge >= 0.3 is 5.97 Å². The fourth-order valence-electron chi connectivity index (χ4n) is 2.12. The molecule has 0 unspecified atom stereocenters. The van der Waals surface area contributed by atoms with Crippen molar-refractivity contribution in [3.8, 4) is 0 Å². The largest absolute Gasteiger partial charge is 0.478 e. The molecule has 0 saturated heterocycles. The Morgan fingerprint density at radius 1 is 1.18 bits per heavy atom. The predicted octanol–water partition coefficient (Wildman–Crippen LogP) is 3.17. The first kappa shape index (κ1) is 14.1. The number of anilines is 1. The average molecular weight is 316 g/mol. The highest BCUT2D eigenvalue weighted by Crippen LogP contribution is 2.22. The molecule has 3 rings (SSSR count). The van der Waals surface area contributed by atoms with Gasteiger partial charge in [-0.15, -0.1) is 0 Å². The molecule has 6 nitrogen and oxygen atoms in total. The van der Waals surface area contributed by atoms with Crippen molar-refractivity contribution < 1.29 is 14.7 Å². The fourth-order valence-corrected chi connectivity index (χ4v) is 2.29. The third-order valence-corrected chi connectivity index (χ3v) is 3.38. The molecule has 3 N–H and O–H groups in total. The number of amides is 1. The molecule has 0 aliphatic heterocycles. The van der Waals surface area contributed by atoms with Crippen LogP contribution in [0, 0.1) is 0 Å². The summed E-state index contributed by atoms with van der Waals surface area (Å²) in [5, 5.41) is 19.4. The smallest absolute Gasteiger partial charge is 0.337 e. The van der Waals surface area contributed by atoms with Gasteiger partial charge in [-0.2, -0.15) is 5.10 Å². The average Bonchev–Trinajstić information content (AvgIpc) is 2.93. The summed E-state index contributed by atoms with van der Waals surface area (Å²) in [6, 6.07) is 11.4. The van der Waals surface area contributed by atoms with Gasteiger partial charge in [0.2, 0.25) is 0 Å². The van der Waals surface area contributed by atoms with Crippen molar-refractivity contribution in [2.75, 3.05) is 5.32 Å². The van der Waals surface area contributed by atoms with Crippen LogP contribution >= 0.6 is 11.6 Å². The molecule has 3 aromatic rings. The van der Waals surface area contributed by atoms with E-state index >= 15 is 0 Å². The number of carbonyl (C=O) groups excluding carboxylic acids is 1. The first-order chi connectivity index (χ1) is 10.6. The van der Waals surface area contributed by atoms with Crippen molar-refractivity contribution in [3.05, 3.63) is 58.7 Å². The van der Waals surface area contributed by atoms with Gasteiger partial charge in [-0.3, -0.25) is 9.89 Å². The van der Waals surface area contributed by atoms with Crippen LogP contribution < -0.4 is 5.32 Å². The molecule has 1 aromatic heterocycles. The number of hydrogen-bond acceptors (Lipinski definition) is 3. The highest BCUT2D eigenvalue weighted by Gasteiger charge is 2.17. The molecule has 0 atom stereocenters. The summed E-state index contributed by atoms with van der Waals surface area (Å²) in [4.78, 5) is 23.6. The highest BCUT2D eigenvalue weighted by atomic mass is 35.5. The monoisotopic (exact) mass is 315 g/mol. The lowest BCUT2D eigenvalue weighted by atomic mass is 10.1. The number of benzene rings is 2. The number of aromatic nitrogens is 2. The molecular weight excluding hydrogens is 306 g/mol. The Balaban J connectivity index is 1.97. The summed E-state index contributed by atoms with van der Waals surface area (Å²) in [6.07, 6.45) is 0. The topological polar surface area (TPSA) is 95.1 Å². The summed E-state index contributed by atoms with van der Waals surface area (Å²) in [5.41, 5.74) is 0.999. The maximum atomic E-state index is 12.3. The molecule has 0 bridgehead atoms. The van der Waals surface area contributed by atoms with Gasteiger partial charge in [-0.25, -0.2) is 4.79 Å². The van der Waals surface area contributed by atoms with Gasteiger partial charge in [0.15, 0.2) is 5.69 Å². The minimum absolute atomic E-state index is 0.0827. The van der Waals surface area contributed by atoms with E-state index in [1.165, 1.54) is 18.2 Å². The normalized spacial score (nSPS) is 10.6. The van der Waals surface area contributed by atoms with Crippen LogP contribution in [0.15, 0.2) is 42.5 Å². The lowest BCUT2D eigenvalue weighted by Gasteiger charge is -2.07. The van der Waals surface area contributed by atoms with E-state index in [1.54, 1.807) is 18.2 Å². The van der Waals surface area contributed by atoms with Crippen LogP contribution in [0.25, 0.3) is 10.9 Å². The van der Waals surface area contributed by atoms with E-state index in [1.807, 2.05) is 6.07 Å². The molecule has 0 spiro atoms. The van der Waals surface area contributed by atoms with Crippen LogP contribution in [0.5, 0.6) is 0 Å². The number of halogens is 1. The Morgan fingerprint density at radius 3 is 2.73 bits per heavy atom. The van der Waals surface area contributed by atoms with Crippen molar-refractivity contribution in [3.63, 3.8) is 0 Å². The lowest BCUT2D eigenvalue weighted by Crippen LogP contribution is -2.15. The number of nitrogens with one attached hydrogen (secondary N) is 2. The van der Waals surface area contributed by atoms with Crippen LogP contribution in [-0.4, -0.2) is 27.2 Å². The van der Waals surface area contributed by atoms with Crippen LogP contribution in [0.1, 0.15) is 20.8 Å². The third-order valence-electron chi connectivity index (χ3n) is 3.15. The Hall–Kier alpha value is -2.86. The van der Waals surface area contributed by atoms with Gasteiger partial charge < -0.3 is 10.4 Å². The number of aromatic carboxylic acids is 1. The second-order valence-corrected chi connectivity index (χ2v) is 5.00. The van der Waals surface area contributed by atoms with Gasteiger partial charge in [0, 0.05) is 10.4 Å². The van der Waals surface area contributed by atoms with Crippen molar-refractivity contribution in [1.82, 2.24) is 10.2 Å². The molecule has 1 heterocycles. The van der Waals surface area contributed by atoms with E-state index in [0.717, 1.165) is 5.52 Å². The summed E-state index contributed by atoms with van der Waals surface area (Å²) in [5.74, 6) is -1.67. The molecule has 110 valence electrons. The molecule has 0 aliphatic rings. The van der Waals surface area contributed by atoms with Crippen LogP contribution in [-0.2, 0) is 0 Å². The number of rotatable bonds is 3. The number of carboxylic acids is 1. The second-order valence-electron chi connectivity index (χ2n) is 4.57. The summed E-state index contributed by atoms with van der Waals surface area (Å²) < 4.78 is 0. The number of aromatic amines is 1. The van der Waals surface area contributed by atoms with Gasteiger partial charge in [0.25, 0.3) is 5.91 Å². The summed E-state index contributed by atoms with van der Waals surface area (Å²) >= 11 is 5.78. The first-order valence-electron chi connectivity index (χ1n) is 6.33. The minimum atomic E-state index is -1.18. The Bertz CT molecular complexity index is 889. The number of carboxylic acid groups (broad SMARTS) is 1. The van der Waals surface area contributed by atoms with E-state index in [0.29, 0.717) is 5.39 Å². The fraction of sp³-hybridized carbons (Fsp3) is 0. The Kier molecular flexibility index (Phi) is 3.52. The molecule has 0 aliphatic carbocycles. The van der Waals surface area contributed by atoms with Gasteiger partial charge in [0.05, 0.1) is 16.8 Å². The molecule has 2 aromatic carbocycles. The zero-order valence-electron chi connectivity index (χ0n) is 11.1. The maximum absolute atomic E-state index is 12.3. The van der Waals surface area contributed by atoms with E-state index in [9.17, 15) is 14.7 Å². The zero-order valence-corrected chi connectivity index (χ0v) is 11.9. The number of fused-ring (bicyclic) bond motifs is 1. The van der Waals surface area contributed by atoms with Crippen molar-refractivity contribution in [2.45, 2.75) is 0 Å². The molecule has 1 amide bonds. The molecule has 7 heteroatoms. The van der Waals surface area contributed by atoms with Crippen LogP contribution in [0.4, 0.5) is 5.69 Å². The molecule has 22 heavy (non-hydrogen) atoms. The molecule has 0 fully saturated rings. The number of carbonyl (C=O) groups is 2. The van der Waals surface area contributed by atoms with Crippen molar-refractivity contribution in [1.29, 1.82) is 0 Å². The SMILES string of the molecule is O=C(O)c1cc(Cl)ccc1NC(=O)c1n[nH]c2ccccc12. The molecular formula is C15H10ClN3O3. The van der Waals surface area contributed by atoms with E-state index in [4.69, 9.17) is 11.6 Å². The zero-order chi connectivity index (χ0) is 15.7. The van der Waals surface area contributed by atoms with Crippen LogP contribution in [0.3, 0.4) is 0 Å². The Morgan fingerprint density at radius 2 is 1.95 bits per heavy atom. The number of H-pyrrole nitrogens is 1. The minimum Gasteiger partial charge on any atom is -0.478 e. The third kappa shape index (κ3) is 2.51. The van der Waals surface area contributed by atoms with Gasteiger partial charge in [-0.05, 0) is 24.3 Å². The molecule has 0 saturated carbocycles. The van der Waals surface area contributed by atoms with E-state index in [2.05, 4.69) is 15.5 Å². The summed E-state index contributed by atoms with van der Waals surface area (Å²) in [7, 11) is 0. The van der Waals surface area contributed by atoms with Crippen molar-refractivity contribution >= 4 is 40.1 Å². The molecule has 0 radical (unpaired) electrons. The second kappa shape index (κ2) is 5.50. The Labute approximate surface area is 129 Å². The van der Waals surface area contributed by atoms with Crippen LogP contribution in [0.2, 0.25) is 5.02 Å². The van der Waals surface area contributed by atoms with Gasteiger partial charge in [0.1, 0.15) is 0 Å². The predicted molar refractivity (Wildman–Crippen MR) is 82.5 cm³/mol. The quantitative estimate of drug-likeness (QED) is 0.691. The first-order valence-corrected chi connectivity index (χ1v) is 6.71. The number of para-hydroxylation sites is 1. The van der Waals surface area contributed by atoms with Gasteiger partial charge in [-0.1, -0.05) is 29.8 Å². The maximum Gasteiger partial charge on any atom is 0.337 e.